The standard InChI is InChI=1S/C9H8ClN3OS/c10-5-1-2-8-6(3-5)7(13-15-8)4-9(11)12-14/h1-3,14H,4H2,(H2,11,12). The number of nitrogens with zero attached hydrogens (tertiary/aromatic N) is 2. The predicted octanol–water partition coefficient (Wildman–Crippen LogP) is 2.24. The summed E-state index contributed by atoms with van der Waals surface area (Å²) in [6.45, 7) is 0. The first-order valence-corrected chi connectivity index (χ1v) is 5.36. The van der Waals surface area contributed by atoms with Crippen LogP contribution in [0.3, 0.4) is 0 Å². The molecule has 6 heteroatoms. The molecule has 2 rings (SSSR count). The molecule has 1 heterocycles. The lowest BCUT2D eigenvalue weighted by atomic mass is 10.2. The van der Waals surface area contributed by atoms with Gasteiger partial charge in [-0.2, -0.15) is 4.37 Å². The van der Waals surface area contributed by atoms with Gasteiger partial charge in [-0.05, 0) is 29.7 Å². The van der Waals surface area contributed by atoms with Crippen LogP contribution in [0.25, 0.3) is 10.1 Å². The number of fused-ring (bicyclic) bond motifs is 1. The molecule has 0 aliphatic carbocycles. The van der Waals surface area contributed by atoms with E-state index in [1.165, 1.54) is 11.5 Å². The Morgan fingerprint density at radius 3 is 3.13 bits per heavy atom. The second-order valence-corrected chi connectivity index (χ2v) is 4.28. The van der Waals surface area contributed by atoms with Gasteiger partial charge in [0.15, 0.2) is 0 Å². The van der Waals surface area contributed by atoms with Gasteiger partial charge in [0.1, 0.15) is 5.84 Å². The van der Waals surface area contributed by atoms with E-state index >= 15 is 0 Å². The molecule has 1 aromatic heterocycles. The molecule has 0 unspecified atom stereocenters. The molecule has 0 radical (unpaired) electrons. The van der Waals surface area contributed by atoms with Crippen molar-refractivity contribution in [2.24, 2.45) is 10.9 Å². The van der Waals surface area contributed by atoms with Gasteiger partial charge in [-0.3, -0.25) is 0 Å². The van der Waals surface area contributed by atoms with Crippen molar-refractivity contribution < 1.29 is 5.21 Å². The summed E-state index contributed by atoms with van der Waals surface area (Å²) < 4.78 is 5.28. The minimum absolute atomic E-state index is 0.141. The first-order chi connectivity index (χ1) is 7.20. The predicted molar refractivity (Wildman–Crippen MR) is 61.7 cm³/mol. The van der Waals surface area contributed by atoms with E-state index in [0.29, 0.717) is 11.4 Å². The largest absolute Gasteiger partial charge is 0.409 e. The first kappa shape index (κ1) is 10.2. The van der Waals surface area contributed by atoms with Crippen molar-refractivity contribution in [3.05, 3.63) is 28.9 Å². The molecule has 0 aliphatic heterocycles. The molecule has 0 spiro atoms. The van der Waals surface area contributed by atoms with Crippen LogP contribution in [0.5, 0.6) is 0 Å². The van der Waals surface area contributed by atoms with E-state index in [2.05, 4.69) is 9.53 Å². The number of nitrogens with two attached hydrogens (primary N) is 1. The van der Waals surface area contributed by atoms with Crippen LogP contribution in [0.15, 0.2) is 23.4 Å². The average molecular weight is 242 g/mol. The molecule has 0 saturated carbocycles. The van der Waals surface area contributed by atoms with E-state index in [1.54, 1.807) is 0 Å². The van der Waals surface area contributed by atoms with Gasteiger partial charge in [0.25, 0.3) is 0 Å². The fourth-order valence-corrected chi connectivity index (χ4v) is 2.24. The topological polar surface area (TPSA) is 71.5 Å². The Hall–Kier alpha value is -1.33. The third kappa shape index (κ3) is 2.03. The maximum absolute atomic E-state index is 8.47. The second-order valence-electron chi connectivity index (χ2n) is 3.04. The maximum Gasteiger partial charge on any atom is 0.145 e. The summed E-state index contributed by atoms with van der Waals surface area (Å²) in [4.78, 5) is 0. The van der Waals surface area contributed by atoms with Gasteiger partial charge in [0.2, 0.25) is 0 Å². The van der Waals surface area contributed by atoms with Gasteiger partial charge in [-0.15, -0.1) is 0 Å². The fourth-order valence-electron chi connectivity index (χ4n) is 1.30. The lowest BCUT2D eigenvalue weighted by Crippen LogP contribution is -2.14. The number of hydrogen-bond acceptors (Lipinski definition) is 4. The Balaban J connectivity index is 2.48. The van der Waals surface area contributed by atoms with Crippen LogP contribution < -0.4 is 5.73 Å². The zero-order chi connectivity index (χ0) is 10.8. The number of amidine groups is 1. The van der Waals surface area contributed by atoms with Crippen LogP contribution in [-0.2, 0) is 6.42 Å². The van der Waals surface area contributed by atoms with Crippen molar-refractivity contribution in [1.29, 1.82) is 0 Å². The van der Waals surface area contributed by atoms with Crippen LogP contribution in [0.4, 0.5) is 0 Å². The lowest BCUT2D eigenvalue weighted by molar-refractivity contribution is 0.317. The van der Waals surface area contributed by atoms with Gasteiger partial charge in [-0.25, -0.2) is 0 Å². The quantitative estimate of drug-likeness (QED) is 0.367. The molecule has 4 nitrogen and oxygen atoms in total. The monoisotopic (exact) mass is 241 g/mol. The molecule has 0 fully saturated rings. The Kier molecular flexibility index (Phi) is 2.75. The average Bonchev–Trinajstić information content (AvgIpc) is 2.61. The highest BCUT2D eigenvalue weighted by atomic mass is 35.5. The van der Waals surface area contributed by atoms with Crippen molar-refractivity contribution >= 4 is 39.1 Å². The highest BCUT2D eigenvalue weighted by molar-refractivity contribution is 7.13. The molecule has 0 atom stereocenters. The van der Waals surface area contributed by atoms with Crippen LogP contribution >= 0.6 is 23.1 Å². The molecule has 78 valence electrons. The van der Waals surface area contributed by atoms with Crippen molar-refractivity contribution in [2.45, 2.75) is 6.42 Å². The summed E-state index contributed by atoms with van der Waals surface area (Å²) in [6, 6.07) is 5.56. The van der Waals surface area contributed by atoms with Crippen molar-refractivity contribution in [2.75, 3.05) is 0 Å². The summed E-state index contributed by atoms with van der Waals surface area (Å²) in [5.41, 5.74) is 6.21. The van der Waals surface area contributed by atoms with Crippen molar-refractivity contribution in [3.63, 3.8) is 0 Å². The maximum atomic E-state index is 8.47. The molecule has 0 saturated heterocycles. The van der Waals surface area contributed by atoms with Crippen LogP contribution in [-0.4, -0.2) is 15.4 Å². The number of oxime groups is 1. The molecule has 0 aliphatic rings. The van der Waals surface area contributed by atoms with Crippen molar-refractivity contribution in [1.82, 2.24) is 4.37 Å². The van der Waals surface area contributed by atoms with Crippen molar-refractivity contribution in [3.8, 4) is 0 Å². The summed E-state index contributed by atoms with van der Waals surface area (Å²) in [5, 5.41) is 13.0. The Labute approximate surface area is 95.1 Å². The van der Waals surface area contributed by atoms with Gasteiger partial charge in [0, 0.05) is 10.4 Å². The second kappa shape index (κ2) is 4.04. The van der Waals surface area contributed by atoms with Gasteiger partial charge in [0.05, 0.1) is 16.8 Å². The molecule has 0 bridgehead atoms. The molecule has 15 heavy (non-hydrogen) atoms. The molecule has 1 aromatic carbocycles. The number of hydrogen-bond donors (Lipinski definition) is 2. The van der Waals surface area contributed by atoms with Gasteiger partial charge in [-0.1, -0.05) is 16.8 Å². The van der Waals surface area contributed by atoms with Crippen LogP contribution in [0.1, 0.15) is 5.69 Å². The van der Waals surface area contributed by atoms with E-state index < -0.39 is 0 Å². The Morgan fingerprint density at radius 1 is 1.60 bits per heavy atom. The molecule has 3 N–H and O–H groups in total. The lowest BCUT2D eigenvalue weighted by Gasteiger charge is -1.96. The number of benzene rings is 1. The summed E-state index contributed by atoms with van der Waals surface area (Å²) in [6.07, 6.45) is 0.330. The molecular formula is C9H8ClN3OS. The van der Waals surface area contributed by atoms with E-state index in [1.807, 2.05) is 18.2 Å². The number of halogens is 1. The zero-order valence-corrected chi connectivity index (χ0v) is 9.22. The third-order valence-electron chi connectivity index (χ3n) is 1.98. The minimum Gasteiger partial charge on any atom is -0.409 e. The zero-order valence-electron chi connectivity index (χ0n) is 7.64. The van der Waals surface area contributed by atoms with Crippen LogP contribution in [0, 0.1) is 0 Å². The van der Waals surface area contributed by atoms with E-state index in [0.717, 1.165) is 15.8 Å². The van der Waals surface area contributed by atoms with E-state index in [-0.39, 0.29) is 5.84 Å². The summed E-state index contributed by atoms with van der Waals surface area (Å²) in [5.74, 6) is 0.141. The van der Waals surface area contributed by atoms with Gasteiger partial charge < -0.3 is 10.9 Å². The van der Waals surface area contributed by atoms with E-state index in [9.17, 15) is 0 Å². The number of rotatable bonds is 2. The minimum atomic E-state index is 0.141. The Bertz CT molecular complexity index is 523. The summed E-state index contributed by atoms with van der Waals surface area (Å²) in [7, 11) is 0. The fraction of sp³-hybridized carbons (Fsp3) is 0.111. The molecule has 2 aromatic rings. The normalized spacial score (nSPS) is 12.2. The van der Waals surface area contributed by atoms with E-state index in [4.69, 9.17) is 22.5 Å². The van der Waals surface area contributed by atoms with Crippen LogP contribution in [0.2, 0.25) is 5.02 Å². The van der Waals surface area contributed by atoms with Gasteiger partial charge >= 0.3 is 0 Å². The number of aromatic nitrogens is 1. The molecule has 0 amide bonds. The molecular weight excluding hydrogens is 234 g/mol. The first-order valence-electron chi connectivity index (χ1n) is 4.21. The Morgan fingerprint density at radius 2 is 2.40 bits per heavy atom. The SMILES string of the molecule is N/C(Cc1nsc2ccc(Cl)cc12)=N\O. The highest BCUT2D eigenvalue weighted by Gasteiger charge is 2.08. The highest BCUT2D eigenvalue weighted by Crippen LogP contribution is 2.26. The smallest absolute Gasteiger partial charge is 0.145 e. The summed E-state index contributed by atoms with van der Waals surface area (Å²) >= 11 is 7.26. The third-order valence-corrected chi connectivity index (χ3v) is 3.08.